The van der Waals surface area contributed by atoms with Gasteiger partial charge in [-0.05, 0) is 60.0 Å². The minimum Gasteiger partial charge on any atom is -0.322 e. The van der Waals surface area contributed by atoms with Crippen molar-refractivity contribution >= 4 is 38.6 Å². The number of nitrogens with one attached hydrogen (secondary N) is 1. The molecule has 0 fully saturated rings. The van der Waals surface area contributed by atoms with Crippen LogP contribution in [0.4, 0.5) is 24.5 Å². The van der Waals surface area contributed by atoms with Crippen molar-refractivity contribution in [2.24, 2.45) is 0 Å². The van der Waals surface area contributed by atoms with Gasteiger partial charge in [-0.25, -0.2) is 8.42 Å². The zero-order valence-corrected chi connectivity index (χ0v) is 16.6. The van der Waals surface area contributed by atoms with Crippen molar-refractivity contribution in [3.05, 3.63) is 77.2 Å². The first kappa shape index (κ1) is 20.9. The molecule has 0 aliphatic carbocycles. The zero-order valence-electron chi connectivity index (χ0n) is 15.0. The van der Waals surface area contributed by atoms with E-state index in [1.807, 2.05) is 0 Å². The van der Waals surface area contributed by atoms with Crippen LogP contribution in [0.3, 0.4) is 0 Å². The first-order valence-corrected chi connectivity index (χ1v) is 10.5. The molecule has 1 N–H and O–H groups in total. The summed E-state index contributed by atoms with van der Waals surface area (Å²) in [6, 6.07) is 13.1. The van der Waals surface area contributed by atoms with Gasteiger partial charge in [0.1, 0.15) is 4.21 Å². The van der Waals surface area contributed by atoms with Crippen molar-refractivity contribution in [3.63, 3.8) is 0 Å². The highest BCUT2D eigenvalue weighted by Gasteiger charge is 2.30. The summed E-state index contributed by atoms with van der Waals surface area (Å²) in [5.74, 6) is -0.528. The molecule has 0 aliphatic heterocycles. The van der Waals surface area contributed by atoms with Gasteiger partial charge in [-0.1, -0.05) is 6.07 Å². The van der Waals surface area contributed by atoms with E-state index in [9.17, 15) is 26.4 Å². The molecular weight excluding hydrogens is 425 g/mol. The summed E-state index contributed by atoms with van der Waals surface area (Å²) < 4.78 is 64.1. The third-order valence-electron chi connectivity index (χ3n) is 4.07. The zero-order chi connectivity index (χ0) is 21.2. The van der Waals surface area contributed by atoms with Gasteiger partial charge in [-0.2, -0.15) is 13.2 Å². The van der Waals surface area contributed by atoms with Crippen LogP contribution in [0.1, 0.15) is 15.9 Å². The Morgan fingerprint density at radius 3 is 2.14 bits per heavy atom. The second kappa shape index (κ2) is 7.88. The number of halogens is 3. The molecule has 0 radical (unpaired) electrons. The van der Waals surface area contributed by atoms with Crippen LogP contribution in [-0.2, 0) is 16.2 Å². The van der Waals surface area contributed by atoms with Gasteiger partial charge in [0.2, 0.25) is 0 Å². The van der Waals surface area contributed by atoms with Crippen LogP contribution in [0.25, 0.3) is 0 Å². The molecule has 0 atom stereocenters. The van der Waals surface area contributed by atoms with Gasteiger partial charge in [0.25, 0.3) is 15.9 Å². The Balaban J connectivity index is 1.72. The maximum Gasteiger partial charge on any atom is 0.416 e. The number of carbonyl (C=O) groups is 1. The van der Waals surface area contributed by atoms with Crippen LogP contribution in [-0.4, -0.2) is 21.4 Å². The number of hydrogen-bond acceptors (Lipinski definition) is 4. The minimum atomic E-state index is -4.45. The molecule has 10 heteroatoms. The normalized spacial score (nSPS) is 11.9. The van der Waals surface area contributed by atoms with E-state index in [0.717, 1.165) is 39.9 Å². The molecule has 1 heterocycles. The number of carbonyl (C=O) groups excluding carboxylic acids is 1. The first-order chi connectivity index (χ1) is 13.6. The molecule has 0 spiro atoms. The van der Waals surface area contributed by atoms with Crippen molar-refractivity contribution < 1.29 is 26.4 Å². The third kappa shape index (κ3) is 4.60. The van der Waals surface area contributed by atoms with E-state index >= 15 is 0 Å². The number of anilines is 2. The molecule has 0 unspecified atom stereocenters. The summed E-state index contributed by atoms with van der Waals surface area (Å²) >= 11 is 1.10. The Hall–Kier alpha value is -2.85. The van der Waals surface area contributed by atoms with E-state index in [1.54, 1.807) is 11.4 Å². The van der Waals surface area contributed by atoms with E-state index in [0.29, 0.717) is 5.69 Å². The van der Waals surface area contributed by atoms with Gasteiger partial charge in [0, 0.05) is 18.3 Å². The van der Waals surface area contributed by atoms with Gasteiger partial charge in [-0.15, -0.1) is 11.3 Å². The van der Waals surface area contributed by atoms with Gasteiger partial charge >= 0.3 is 6.18 Å². The topological polar surface area (TPSA) is 66.5 Å². The van der Waals surface area contributed by atoms with E-state index in [1.165, 1.54) is 37.4 Å². The van der Waals surface area contributed by atoms with E-state index in [4.69, 9.17) is 0 Å². The fraction of sp³-hybridized carbons (Fsp3) is 0.105. The number of benzene rings is 2. The lowest BCUT2D eigenvalue weighted by Gasteiger charge is -2.18. The molecule has 5 nitrogen and oxygen atoms in total. The highest BCUT2D eigenvalue weighted by molar-refractivity contribution is 7.94. The van der Waals surface area contributed by atoms with Crippen LogP contribution >= 0.6 is 11.3 Å². The molecule has 0 saturated heterocycles. The Kier molecular flexibility index (Phi) is 5.67. The number of sulfonamides is 1. The lowest BCUT2D eigenvalue weighted by molar-refractivity contribution is -0.137. The molecule has 1 aromatic heterocycles. The second-order valence-corrected chi connectivity index (χ2v) is 9.12. The van der Waals surface area contributed by atoms with Crippen molar-refractivity contribution in [1.29, 1.82) is 0 Å². The fourth-order valence-electron chi connectivity index (χ4n) is 2.45. The molecule has 2 aromatic carbocycles. The lowest BCUT2D eigenvalue weighted by atomic mass is 10.1. The second-order valence-electron chi connectivity index (χ2n) is 5.98. The molecule has 29 heavy (non-hydrogen) atoms. The summed E-state index contributed by atoms with van der Waals surface area (Å²) in [6.45, 7) is 0. The average molecular weight is 440 g/mol. The number of alkyl halides is 3. The predicted molar refractivity (Wildman–Crippen MR) is 106 cm³/mol. The fourth-order valence-corrected chi connectivity index (χ4v) is 4.81. The molecule has 0 aliphatic rings. The highest BCUT2D eigenvalue weighted by Crippen LogP contribution is 2.30. The molecule has 3 rings (SSSR count). The quantitative estimate of drug-likeness (QED) is 0.617. The van der Waals surface area contributed by atoms with Crippen molar-refractivity contribution in [2.45, 2.75) is 10.4 Å². The molecule has 0 bridgehead atoms. The predicted octanol–water partition coefficient (Wildman–Crippen LogP) is 4.84. The summed E-state index contributed by atoms with van der Waals surface area (Å²) in [7, 11) is -2.28. The van der Waals surface area contributed by atoms with Crippen LogP contribution < -0.4 is 9.62 Å². The summed E-state index contributed by atoms with van der Waals surface area (Å²) in [4.78, 5) is 12.3. The van der Waals surface area contributed by atoms with Crippen LogP contribution in [0.5, 0.6) is 0 Å². The van der Waals surface area contributed by atoms with Crippen molar-refractivity contribution in [1.82, 2.24) is 0 Å². The molecule has 3 aromatic rings. The third-order valence-corrected chi connectivity index (χ3v) is 7.23. The maximum absolute atomic E-state index is 12.6. The maximum atomic E-state index is 12.6. The number of thiophene rings is 1. The first-order valence-electron chi connectivity index (χ1n) is 8.20. The monoisotopic (exact) mass is 440 g/mol. The van der Waals surface area contributed by atoms with Crippen molar-refractivity contribution in [2.75, 3.05) is 16.7 Å². The van der Waals surface area contributed by atoms with E-state index in [-0.39, 0.29) is 15.5 Å². The SMILES string of the molecule is CN(c1ccc(C(=O)Nc2ccc(C(F)(F)F)cc2)cc1)S(=O)(=O)c1cccs1. The van der Waals surface area contributed by atoms with Gasteiger partial charge in [0.05, 0.1) is 11.3 Å². The Bertz CT molecular complexity index is 1090. The van der Waals surface area contributed by atoms with Crippen LogP contribution in [0.2, 0.25) is 0 Å². The summed E-state index contributed by atoms with van der Waals surface area (Å²) in [5.41, 5.74) is -0.000596. The van der Waals surface area contributed by atoms with Crippen LogP contribution in [0, 0.1) is 0 Å². The number of hydrogen-bond donors (Lipinski definition) is 1. The number of amides is 1. The smallest absolute Gasteiger partial charge is 0.322 e. The van der Waals surface area contributed by atoms with E-state index in [2.05, 4.69) is 5.32 Å². The Morgan fingerprint density at radius 2 is 1.62 bits per heavy atom. The van der Waals surface area contributed by atoms with Crippen molar-refractivity contribution in [3.8, 4) is 0 Å². The van der Waals surface area contributed by atoms with Gasteiger partial charge < -0.3 is 5.32 Å². The number of nitrogens with zero attached hydrogens (tertiary/aromatic N) is 1. The average Bonchev–Trinajstić information content (AvgIpc) is 3.23. The Labute approximate surface area is 169 Å². The Morgan fingerprint density at radius 1 is 1.00 bits per heavy atom. The molecule has 152 valence electrons. The van der Waals surface area contributed by atoms with E-state index < -0.39 is 27.7 Å². The molecular formula is C19H15F3N2O3S2. The minimum absolute atomic E-state index is 0.198. The largest absolute Gasteiger partial charge is 0.416 e. The summed E-state index contributed by atoms with van der Waals surface area (Å²) in [6.07, 6.45) is -4.45. The highest BCUT2D eigenvalue weighted by atomic mass is 32.2. The molecule has 0 saturated carbocycles. The summed E-state index contributed by atoms with van der Waals surface area (Å²) in [5, 5.41) is 4.16. The lowest BCUT2D eigenvalue weighted by Crippen LogP contribution is -2.25. The van der Waals surface area contributed by atoms with Gasteiger partial charge in [-0.3, -0.25) is 9.10 Å². The molecule has 1 amide bonds. The standard InChI is InChI=1S/C19H15F3N2O3S2/c1-24(29(26,27)17-3-2-12-28-17)16-10-4-13(5-11-16)18(25)23-15-8-6-14(7-9-15)19(20,21)22/h2-12H,1H3,(H,23,25). The number of rotatable bonds is 5. The van der Waals surface area contributed by atoms with Gasteiger partial charge in [0.15, 0.2) is 0 Å². The van der Waals surface area contributed by atoms with Crippen LogP contribution in [0.15, 0.2) is 70.3 Å².